The molecule has 3 fully saturated rings. The highest BCUT2D eigenvalue weighted by molar-refractivity contribution is 6.13. The summed E-state index contributed by atoms with van der Waals surface area (Å²) in [6.45, 7) is 1.19. The van der Waals surface area contributed by atoms with Crippen molar-refractivity contribution in [3.8, 4) is 5.75 Å². The average Bonchev–Trinajstić information content (AvgIpc) is 3.55. The second kappa shape index (κ2) is 9.81. The standard InChI is InChI=1S/C28H28F3N3O4/c29-28(30,31)38-22-9-6-19(7-10-22)8-11-23(35)32-21-16-26(17-21)14-15-34(18-26)25(37)27(12-13-27)24(36)33-20-4-2-1-3-5-20/h1-11,21H,12-18H2,(H,32,35)(H,33,36)/b11-8+. The maximum absolute atomic E-state index is 13.3. The Morgan fingerprint density at radius 3 is 2.29 bits per heavy atom. The van der Waals surface area contributed by atoms with Crippen molar-refractivity contribution in [3.63, 3.8) is 0 Å². The van der Waals surface area contributed by atoms with Gasteiger partial charge in [-0.2, -0.15) is 0 Å². The fraction of sp³-hybridized carbons (Fsp3) is 0.393. The number of nitrogens with one attached hydrogen (secondary N) is 2. The number of nitrogens with zero attached hydrogens (tertiary/aromatic N) is 1. The summed E-state index contributed by atoms with van der Waals surface area (Å²) < 4.78 is 40.6. The summed E-state index contributed by atoms with van der Waals surface area (Å²) >= 11 is 0. The Morgan fingerprint density at radius 1 is 0.974 bits per heavy atom. The highest BCUT2D eigenvalue weighted by Gasteiger charge is 2.60. The largest absolute Gasteiger partial charge is 0.573 e. The zero-order valence-electron chi connectivity index (χ0n) is 20.6. The summed E-state index contributed by atoms with van der Waals surface area (Å²) in [5, 5.41) is 5.82. The van der Waals surface area contributed by atoms with Crippen LogP contribution in [-0.4, -0.2) is 48.1 Å². The van der Waals surface area contributed by atoms with Gasteiger partial charge in [0.1, 0.15) is 11.2 Å². The van der Waals surface area contributed by atoms with E-state index in [1.807, 2.05) is 23.1 Å². The molecule has 38 heavy (non-hydrogen) atoms. The fourth-order valence-electron chi connectivity index (χ4n) is 5.47. The van der Waals surface area contributed by atoms with Gasteiger partial charge in [-0.05, 0) is 73.4 Å². The fourth-order valence-corrected chi connectivity index (χ4v) is 5.47. The molecule has 2 N–H and O–H groups in total. The van der Waals surface area contributed by atoms with Gasteiger partial charge in [0.25, 0.3) is 0 Å². The number of amides is 3. The Balaban J connectivity index is 1.08. The SMILES string of the molecule is O=C(/C=C/c1ccc(OC(F)(F)F)cc1)NC1CC2(CCN(C(=O)C3(C(=O)Nc4ccccc4)CC3)C2)C1. The smallest absolute Gasteiger partial charge is 0.406 e. The number of halogens is 3. The Kier molecular flexibility index (Phi) is 6.66. The van der Waals surface area contributed by atoms with Gasteiger partial charge >= 0.3 is 6.36 Å². The van der Waals surface area contributed by atoms with E-state index in [4.69, 9.17) is 0 Å². The number of carbonyl (C=O) groups is 3. The zero-order valence-corrected chi connectivity index (χ0v) is 20.6. The average molecular weight is 528 g/mol. The quantitative estimate of drug-likeness (QED) is 0.410. The molecular weight excluding hydrogens is 499 g/mol. The molecule has 2 aliphatic carbocycles. The number of benzene rings is 2. The molecule has 0 bridgehead atoms. The molecule has 0 unspecified atom stereocenters. The number of alkyl halides is 3. The second-order valence-electron chi connectivity index (χ2n) is 10.4. The van der Waals surface area contributed by atoms with Crippen LogP contribution in [0.15, 0.2) is 60.7 Å². The molecule has 3 aliphatic rings. The Hall–Kier alpha value is -3.82. The van der Waals surface area contributed by atoms with Crippen molar-refractivity contribution in [2.24, 2.45) is 10.8 Å². The maximum atomic E-state index is 13.3. The predicted octanol–water partition coefficient (Wildman–Crippen LogP) is 4.51. The Labute approximate surface area is 218 Å². The van der Waals surface area contributed by atoms with Gasteiger partial charge in [-0.3, -0.25) is 14.4 Å². The first-order valence-electron chi connectivity index (χ1n) is 12.6. The van der Waals surface area contributed by atoms with E-state index < -0.39 is 11.8 Å². The van der Waals surface area contributed by atoms with Crippen LogP contribution in [0.2, 0.25) is 0 Å². The highest BCUT2D eigenvalue weighted by Crippen LogP contribution is 2.53. The number of likely N-dealkylation sites (tertiary alicyclic amines) is 1. The van der Waals surface area contributed by atoms with Gasteiger partial charge in [0, 0.05) is 30.9 Å². The molecule has 2 aromatic carbocycles. The monoisotopic (exact) mass is 527 g/mol. The molecule has 1 heterocycles. The van der Waals surface area contributed by atoms with Crippen molar-refractivity contribution < 1.29 is 32.3 Å². The summed E-state index contributed by atoms with van der Waals surface area (Å²) in [4.78, 5) is 40.3. The third-order valence-corrected chi connectivity index (χ3v) is 7.60. The number of hydrogen-bond acceptors (Lipinski definition) is 4. The molecule has 5 rings (SSSR count). The normalized spacial score (nSPS) is 23.7. The van der Waals surface area contributed by atoms with Crippen LogP contribution >= 0.6 is 0 Å². The lowest BCUT2D eigenvalue weighted by atomic mass is 9.65. The van der Waals surface area contributed by atoms with E-state index >= 15 is 0 Å². The van der Waals surface area contributed by atoms with Crippen LogP contribution in [-0.2, 0) is 14.4 Å². The van der Waals surface area contributed by atoms with E-state index in [2.05, 4.69) is 15.4 Å². The minimum atomic E-state index is -4.75. The number of rotatable bonds is 7. The Morgan fingerprint density at radius 2 is 1.66 bits per heavy atom. The van der Waals surface area contributed by atoms with Gasteiger partial charge < -0.3 is 20.3 Å². The number of carbonyl (C=O) groups excluding carboxylic acids is 3. The van der Waals surface area contributed by atoms with Crippen LogP contribution in [0.25, 0.3) is 6.08 Å². The molecule has 0 radical (unpaired) electrons. The summed E-state index contributed by atoms with van der Waals surface area (Å²) in [6, 6.07) is 14.3. The van der Waals surface area contributed by atoms with Crippen LogP contribution in [0.1, 0.15) is 37.7 Å². The van der Waals surface area contributed by atoms with E-state index in [1.165, 1.54) is 36.4 Å². The van der Waals surface area contributed by atoms with Gasteiger partial charge in [0.15, 0.2) is 0 Å². The molecule has 10 heteroatoms. The first-order chi connectivity index (χ1) is 18.1. The van der Waals surface area contributed by atoms with Gasteiger partial charge in [-0.15, -0.1) is 13.2 Å². The van der Waals surface area contributed by atoms with Crippen LogP contribution in [0.5, 0.6) is 5.75 Å². The summed E-state index contributed by atoms with van der Waals surface area (Å²) in [6.07, 6.45) is 1.56. The van der Waals surface area contributed by atoms with Gasteiger partial charge in [0.05, 0.1) is 0 Å². The minimum Gasteiger partial charge on any atom is -0.406 e. The molecule has 2 saturated carbocycles. The van der Waals surface area contributed by atoms with Crippen molar-refractivity contribution in [3.05, 3.63) is 66.2 Å². The number of ether oxygens (including phenoxy) is 1. The molecule has 200 valence electrons. The van der Waals surface area contributed by atoms with Crippen molar-refractivity contribution >= 4 is 29.5 Å². The second-order valence-corrected chi connectivity index (χ2v) is 10.4. The zero-order chi connectivity index (χ0) is 27.0. The van der Waals surface area contributed by atoms with Crippen molar-refractivity contribution in [2.75, 3.05) is 18.4 Å². The number of anilines is 1. The number of para-hydroxylation sites is 1. The summed E-state index contributed by atoms with van der Waals surface area (Å²) in [5.74, 6) is -0.971. The molecule has 1 aliphatic heterocycles. The molecule has 7 nitrogen and oxygen atoms in total. The lowest BCUT2D eigenvalue weighted by molar-refractivity contribution is -0.274. The van der Waals surface area contributed by atoms with Gasteiger partial charge in [0.2, 0.25) is 17.7 Å². The van der Waals surface area contributed by atoms with Crippen molar-refractivity contribution in [1.82, 2.24) is 10.2 Å². The van der Waals surface area contributed by atoms with Crippen molar-refractivity contribution in [1.29, 1.82) is 0 Å². The summed E-state index contributed by atoms with van der Waals surface area (Å²) in [7, 11) is 0. The van der Waals surface area contributed by atoms with Crippen LogP contribution in [0.4, 0.5) is 18.9 Å². The van der Waals surface area contributed by atoms with Crippen LogP contribution in [0.3, 0.4) is 0 Å². The first-order valence-corrected chi connectivity index (χ1v) is 12.6. The van der Waals surface area contributed by atoms with E-state index in [9.17, 15) is 27.6 Å². The van der Waals surface area contributed by atoms with Crippen LogP contribution in [0, 0.1) is 10.8 Å². The topological polar surface area (TPSA) is 87.7 Å². The lowest BCUT2D eigenvalue weighted by Gasteiger charge is -2.45. The van der Waals surface area contributed by atoms with Gasteiger partial charge in [-0.1, -0.05) is 30.3 Å². The third kappa shape index (κ3) is 5.69. The van der Waals surface area contributed by atoms with E-state index in [-0.39, 0.29) is 34.9 Å². The van der Waals surface area contributed by atoms with Crippen LogP contribution < -0.4 is 15.4 Å². The molecule has 1 spiro atoms. The minimum absolute atomic E-state index is 0.0129. The Bertz CT molecular complexity index is 1230. The molecule has 1 saturated heterocycles. The first kappa shape index (κ1) is 25.8. The molecular formula is C28H28F3N3O4. The molecule has 3 amide bonds. The predicted molar refractivity (Wildman–Crippen MR) is 134 cm³/mol. The van der Waals surface area contributed by atoms with E-state index in [0.717, 1.165) is 19.3 Å². The van der Waals surface area contributed by atoms with E-state index in [1.54, 1.807) is 12.1 Å². The third-order valence-electron chi connectivity index (χ3n) is 7.60. The molecule has 0 aromatic heterocycles. The van der Waals surface area contributed by atoms with Crippen molar-refractivity contribution in [2.45, 2.75) is 44.5 Å². The molecule has 0 atom stereocenters. The maximum Gasteiger partial charge on any atom is 0.573 e. The van der Waals surface area contributed by atoms with Gasteiger partial charge in [-0.25, -0.2) is 0 Å². The molecule has 2 aromatic rings. The lowest BCUT2D eigenvalue weighted by Crippen LogP contribution is -2.52. The van der Waals surface area contributed by atoms with E-state index in [0.29, 0.717) is 37.2 Å². The highest BCUT2D eigenvalue weighted by atomic mass is 19.4. The number of hydrogen-bond donors (Lipinski definition) is 2. The summed E-state index contributed by atoms with van der Waals surface area (Å²) in [5.41, 5.74) is 0.224.